The van der Waals surface area contributed by atoms with Gasteiger partial charge in [0.1, 0.15) is 0 Å². The standard InChI is InChI=1S/C12H25N3O2/c1-2-4-14-12(16)9-11(10-13)15-5-3-7-17-8-6-15/h11H,2-10,13H2,1H3,(H,14,16). The van der Waals surface area contributed by atoms with E-state index in [0.29, 0.717) is 13.0 Å². The quantitative estimate of drug-likeness (QED) is 0.686. The van der Waals surface area contributed by atoms with Gasteiger partial charge in [0, 0.05) is 45.2 Å². The summed E-state index contributed by atoms with van der Waals surface area (Å²) in [5, 5.41) is 2.90. The molecule has 1 amide bonds. The van der Waals surface area contributed by atoms with Crippen LogP contribution >= 0.6 is 0 Å². The molecule has 1 fully saturated rings. The van der Waals surface area contributed by atoms with Crippen molar-refractivity contribution in [2.45, 2.75) is 32.2 Å². The zero-order chi connectivity index (χ0) is 12.5. The molecule has 1 atom stereocenters. The molecule has 1 aliphatic heterocycles. The van der Waals surface area contributed by atoms with Crippen LogP contribution in [0.3, 0.4) is 0 Å². The fraction of sp³-hybridized carbons (Fsp3) is 0.917. The van der Waals surface area contributed by atoms with E-state index in [1.807, 2.05) is 6.92 Å². The Balaban J connectivity index is 2.37. The molecular formula is C12H25N3O2. The van der Waals surface area contributed by atoms with Gasteiger partial charge in [0.25, 0.3) is 0 Å². The van der Waals surface area contributed by atoms with Crippen LogP contribution in [0.25, 0.3) is 0 Å². The summed E-state index contributed by atoms with van der Waals surface area (Å²) < 4.78 is 5.41. The Kier molecular flexibility index (Phi) is 7.16. The maximum atomic E-state index is 11.7. The number of hydrogen-bond donors (Lipinski definition) is 2. The fourth-order valence-electron chi connectivity index (χ4n) is 2.04. The predicted molar refractivity (Wildman–Crippen MR) is 67.8 cm³/mol. The van der Waals surface area contributed by atoms with Gasteiger partial charge >= 0.3 is 0 Å². The first-order chi connectivity index (χ1) is 8.27. The molecule has 1 aliphatic rings. The normalized spacial score (nSPS) is 19.6. The van der Waals surface area contributed by atoms with Gasteiger partial charge in [-0.3, -0.25) is 9.69 Å². The molecule has 3 N–H and O–H groups in total. The van der Waals surface area contributed by atoms with Gasteiger partial charge in [-0.05, 0) is 12.8 Å². The van der Waals surface area contributed by atoms with Crippen LogP contribution in [0.5, 0.6) is 0 Å². The number of ether oxygens (including phenoxy) is 1. The largest absolute Gasteiger partial charge is 0.380 e. The van der Waals surface area contributed by atoms with Crippen molar-refractivity contribution in [2.24, 2.45) is 5.73 Å². The minimum atomic E-state index is 0.104. The Morgan fingerprint density at radius 3 is 3.00 bits per heavy atom. The molecule has 0 bridgehead atoms. The van der Waals surface area contributed by atoms with Gasteiger partial charge in [-0.25, -0.2) is 0 Å². The number of carbonyl (C=O) groups excluding carboxylic acids is 1. The minimum absolute atomic E-state index is 0.104. The van der Waals surface area contributed by atoms with Crippen LogP contribution in [-0.4, -0.2) is 56.2 Å². The highest BCUT2D eigenvalue weighted by molar-refractivity contribution is 5.76. The smallest absolute Gasteiger partial charge is 0.221 e. The van der Waals surface area contributed by atoms with Gasteiger partial charge in [0.15, 0.2) is 0 Å². The lowest BCUT2D eigenvalue weighted by atomic mass is 10.1. The van der Waals surface area contributed by atoms with Crippen LogP contribution in [0.2, 0.25) is 0 Å². The number of carbonyl (C=O) groups is 1. The van der Waals surface area contributed by atoms with E-state index in [4.69, 9.17) is 10.5 Å². The molecule has 0 saturated carbocycles. The van der Waals surface area contributed by atoms with E-state index in [1.54, 1.807) is 0 Å². The monoisotopic (exact) mass is 243 g/mol. The van der Waals surface area contributed by atoms with Crippen molar-refractivity contribution in [1.82, 2.24) is 10.2 Å². The van der Waals surface area contributed by atoms with Crippen molar-refractivity contribution in [2.75, 3.05) is 39.4 Å². The van der Waals surface area contributed by atoms with Crippen LogP contribution in [0.15, 0.2) is 0 Å². The lowest BCUT2D eigenvalue weighted by Crippen LogP contribution is -2.45. The second-order valence-corrected chi connectivity index (χ2v) is 4.45. The molecule has 0 radical (unpaired) electrons. The molecule has 100 valence electrons. The average molecular weight is 243 g/mol. The number of rotatable bonds is 6. The molecule has 0 aromatic carbocycles. The van der Waals surface area contributed by atoms with Gasteiger partial charge in [-0.1, -0.05) is 6.92 Å². The van der Waals surface area contributed by atoms with Gasteiger partial charge in [-0.15, -0.1) is 0 Å². The zero-order valence-corrected chi connectivity index (χ0v) is 10.8. The maximum Gasteiger partial charge on any atom is 0.221 e. The molecule has 1 saturated heterocycles. The number of hydrogen-bond acceptors (Lipinski definition) is 4. The Morgan fingerprint density at radius 1 is 1.47 bits per heavy atom. The first-order valence-electron chi connectivity index (χ1n) is 6.56. The molecule has 1 heterocycles. The van der Waals surface area contributed by atoms with Crippen molar-refractivity contribution >= 4 is 5.91 Å². The third-order valence-corrected chi connectivity index (χ3v) is 3.04. The third-order valence-electron chi connectivity index (χ3n) is 3.04. The first-order valence-corrected chi connectivity index (χ1v) is 6.56. The highest BCUT2D eigenvalue weighted by Crippen LogP contribution is 2.07. The third kappa shape index (κ3) is 5.48. The van der Waals surface area contributed by atoms with Crippen LogP contribution < -0.4 is 11.1 Å². The van der Waals surface area contributed by atoms with Gasteiger partial charge in [0.05, 0.1) is 6.61 Å². The average Bonchev–Trinajstić information content (AvgIpc) is 2.62. The SMILES string of the molecule is CCCNC(=O)CC(CN)N1CCCOCC1. The fourth-order valence-corrected chi connectivity index (χ4v) is 2.04. The second-order valence-electron chi connectivity index (χ2n) is 4.45. The molecule has 5 heteroatoms. The van der Waals surface area contributed by atoms with Crippen molar-refractivity contribution in [1.29, 1.82) is 0 Å². The molecule has 17 heavy (non-hydrogen) atoms. The number of nitrogens with zero attached hydrogens (tertiary/aromatic N) is 1. The summed E-state index contributed by atoms with van der Waals surface area (Å²) >= 11 is 0. The van der Waals surface area contributed by atoms with Crippen molar-refractivity contribution in [3.63, 3.8) is 0 Å². The zero-order valence-electron chi connectivity index (χ0n) is 10.8. The summed E-state index contributed by atoms with van der Waals surface area (Å²) in [6.45, 7) is 6.74. The Labute approximate surface area is 104 Å². The highest BCUT2D eigenvalue weighted by Gasteiger charge is 2.21. The number of nitrogens with two attached hydrogens (primary N) is 1. The van der Waals surface area contributed by atoms with Gasteiger partial charge in [0.2, 0.25) is 5.91 Å². The van der Waals surface area contributed by atoms with Crippen molar-refractivity contribution < 1.29 is 9.53 Å². The van der Waals surface area contributed by atoms with E-state index in [-0.39, 0.29) is 11.9 Å². The molecule has 0 aliphatic carbocycles. The van der Waals surface area contributed by atoms with E-state index >= 15 is 0 Å². The highest BCUT2D eigenvalue weighted by atomic mass is 16.5. The summed E-state index contributed by atoms with van der Waals surface area (Å²) in [4.78, 5) is 14.0. The van der Waals surface area contributed by atoms with Crippen LogP contribution in [0.4, 0.5) is 0 Å². The second kappa shape index (κ2) is 8.44. The lowest BCUT2D eigenvalue weighted by Gasteiger charge is -2.28. The Hall–Kier alpha value is -0.650. The van der Waals surface area contributed by atoms with Crippen LogP contribution in [0.1, 0.15) is 26.2 Å². The van der Waals surface area contributed by atoms with E-state index in [9.17, 15) is 4.79 Å². The van der Waals surface area contributed by atoms with E-state index in [0.717, 1.165) is 45.7 Å². The van der Waals surface area contributed by atoms with E-state index in [2.05, 4.69) is 10.2 Å². The predicted octanol–water partition coefficient (Wildman–Crippen LogP) is -0.0477. The molecule has 1 unspecified atom stereocenters. The summed E-state index contributed by atoms with van der Waals surface area (Å²) in [5.74, 6) is 0.104. The Morgan fingerprint density at radius 2 is 2.29 bits per heavy atom. The summed E-state index contributed by atoms with van der Waals surface area (Å²) in [6, 6.07) is 0.147. The maximum absolute atomic E-state index is 11.7. The summed E-state index contributed by atoms with van der Waals surface area (Å²) in [7, 11) is 0. The van der Waals surface area contributed by atoms with Crippen molar-refractivity contribution in [3.05, 3.63) is 0 Å². The van der Waals surface area contributed by atoms with Gasteiger partial charge < -0.3 is 15.8 Å². The number of nitrogens with one attached hydrogen (secondary N) is 1. The minimum Gasteiger partial charge on any atom is -0.380 e. The molecule has 5 nitrogen and oxygen atoms in total. The van der Waals surface area contributed by atoms with E-state index in [1.165, 1.54) is 0 Å². The van der Waals surface area contributed by atoms with Crippen LogP contribution in [-0.2, 0) is 9.53 Å². The van der Waals surface area contributed by atoms with E-state index < -0.39 is 0 Å². The number of amides is 1. The molecule has 0 aromatic rings. The molecule has 1 rings (SSSR count). The molecule has 0 aromatic heterocycles. The summed E-state index contributed by atoms with van der Waals surface area (Å²) in [5.41, 5.74) is 5.77. The van der Waals surface area contributed by atoms with Crippen molar-refractivity contribution in [3.8, 4) is 0 Å². The first kappa shape index (κ1) is 14.4. The van der Waals surface area contributed by atoms with Gasteiger partial charge in [-0.2, -0.15) is 0 Å². The summed E-state index contributed by atoms with van der Waals surface area (Å²) in [6.07, 6.45) is 2.49. The molecule has 0 spiro atoms. The molecular weight excluding hydrogens is 218 g/mol. The topological polar surface area (TPSA) is 67.6 Å². The lowest BCUT2D eigenvalue weighted by molar-refractivity contribution is -0.122. The van der Waals surface area contributed by atoms with Crippen LogP contribution in [0, 0.1) is 0 Å². The Bertz CT molecular complexity index is 216.